The van der Waals surface area contributed by atoms with Crippen LogP contribution in [-0.2, 0) is 13.0 Å². The lowest BCUT2D eigenvalue weighted by molar-refractivity contribution is 0.235. The first-order chi connectivity index (χ1) is 14.3. The first kappa shape index (κ1) is 19.6. The van der Waals surface area contributed by atoms with Crippen LogP contribution in [0, 0.1) is 0 Å². The summed E-state index contributed by atoms with van der Waals surface area (Å²) >= 11 is 0. The van der Waals surface area contributed by atoms with Crippen LogP contribution in [-0.4, -0.2) is 43.2 Å². The molecule has 6 heteroatoms. The molecule has 1 atom stereocenters. The number of guanidine groups is 1. The van der Waals surface area contributed by atoms with Gasteiger partial charge in [-0.15, -0.1) is 0 Å². The minimum atomic E-state index is 0.142. The van der Waals surface area contributed by atoms with Crippen LogP contribution in [0.4, 0.5) is 5.82 Å². The summed E-state index contributed by atoms with van der Waals surface area (Å²) in [5, 5.41) is 6.77. The van der Waals surface area contributed by atoms with E-state index in [2.05, 4.69) is 51.7 Å². The number of hydrogen-bond acceptors (Lipinski definition) is 4. The fourth-order valence-electron chi connectivity index (χ4n) is 3.95. The average molecular weight is 394 g/mol. The Morgan fingerprint density at radius 3 is 2.86 bits per heavy atom. The molecule has 2 aliphatic heterocycles. The van der Waals surface area contributed by atoms with Gasteiger partial charge in [-0.05, 0) is 55.5 Å². The Morgan fingerprint density at radius 1 is 1.17 bits per heavy atom. The van der Waals surface area contributed by atoms with Crippen LogP contribution in [0.2, 0.25) is 0 Å². The molecule has 0 amide bonds. The standard InChI is InChI=1S/C23H31N5O/c1-2-24-23(27-17-20-15-19-8-4-5-9-21(19)29-20)26-16-18-10-11-25-22(14-18)28-12-6-3-7-13-28/h4-5,8-11,14,20H,2-3,6-7,12-13,15-17H2,1H3,(H2,24,26,27). The topological polar surface area (TPSA) is 61.8 Å². The zero-order valence-electron chi connectivity index (χ0n) is 17.2. The SMILES string of the molecule is CCNC(=NCc1ccnc(N2CCCCC2)c1)NCC1Cc2ccccc2O1. The molecule has 0 saturated carbocycles. The molecule has 6 nitrogen and oxygen atoms in total. The number of nitrogens with one attached hydrogen (secondary N) is 2. The Morgan fingerprint density at radius 2 is 2.03 bits per heavy atom. The maximum Gasteiger partial charge on any atom is 0.191 e. The van der Waals surface area contributed by atoms with Crippen molar-refractivity contribution in [1.29, 1.82) is 0 Å². The van der Waals surface area contributed by atoms with E-state index in [4.69, 9.17) is 9.73 Å². The Bertz CT molecular complexity index is 807. The van der Waals surface area contributed by atoms with Gasteiger partial charge in [0.1, 0.15) is 17.7 Å². The summed E-state index contributed by atoms with van der Waals surface area (Å²) < 4.78 is 6.02. The molecule has 1 aromatic heterocycles. The largest absolute Gasteiger partial charge is 0.488 e. The van der Waals surface area contributed by atoms with E-state index >= 15 is 0 Å². The third kappa shape index (κ3) is 5.19. The Kier molecular flexibility index (Phi) is 6.49. The highest BCUT2D eigenvalue weighted by molar-refractivity contribution is 5.79. The number of benzene rings is 1. The minimum absolute atomic E-state index is 0.142. The molecular formula is C23H31N5O. The van der Waals surface area contributed by atoms with Crippen molar-refractivity contribution in [2.24, 2.45) is 4.99 Å². The van der Waals surface area contributed by atoms with Crippen LogP contribution >= 0.6 is 0 Å². The highest BCUT2D eigenvalue weighted by atomic mass is 16.5. The van der Waals surface area contributed by atoms with Crippen LogP contribution in [0.3, 0.4) is 0 Å². The van der Waals surface area contributed by atoms with Crippen molar-refractivity contribution in [3.8, 4) is 5.75 Å². The number of aromatic nitrogens is 1. The van der Waals surface area contributed by atoms with Gasteiger partial charge >= 0.3 is 0 Å². The Labute approximate surface area is 173 Å². The van der Waals surface area contributed by atoms with Gasteiger partial charge in [-0.1, -0.05) is 18.2 Å². The van der Waals surface area contributed by atoms with Crippen molar-refractivity contribution >= 4 is 11.8 Å². The molecule has 1 aromatic carbocycles. The third-order valence-electron chi connectivity index (χ3n) is 5.46. The van der Waals surface area contributed by atoms with E-state index in [1.165, 1.54) is 30.4 Å². The van der Waals surface area contributed by atoms with E-state index in [1.54, 1.807) is 0 Å². The minimum Gasteiger partial charge on any atom is -0.488 e. The number of hydrogen-bond donors (Lipinski definition) is 2. The van der Waals surface area contributed by atoms with Crippen molar-refractivity contribution in [3.63, 3.8) is 0 Å². The number of rotatable bonds is 6. The van der Waals surface area contributed by atoms with Crippen LogP contribution in [0.5, 0.6) is 5.75 Å². The van der Waals surface area contributed by atoms with Crippen LogP contribution in [0.15, 0.2) is 47.6 Å². The highest BCUT2D eigenvalue weighted by Gasteiger charge is 2.22. The second-order valence-corrected chi connectivity index (χ2v) is 7.70. The van der Waals surface area contributed by atoms with Gasteiger partial charge in [0.15, 0.2) is 5.96 Å². The van der Waals surface area contributed by atoms with Gasteiger partial charge in [-0.2, -0.15) is 0 Å². The summed E-state index contributed by atoms with van der Waals surface area (Å²) in [6.45, 7) is 6.48. The fraction of sp³-hybridized carbons (Fsp3) is 0.478. The molecule has 2 N–H and O–H groups in total. The fourth-order valence-corrected chi connectivity index (χ4v) is 3.95. The molecule has 4 rings (SSSR count). The van der Waals surface area contributed by atoms with E-state index in [1.807, 2.05) is 18.3 Å². The number of ether oxygens (including phenoxy) is 1. The van der Waals surface area contributed by atoms with Gasteiger partial charge in [0.05, 0.1) is 13.1 Å². The molecule has 0 spiro atoms. The number of aliphatic imine (C=N–C) groups is 1. The van der Waals surface area contributed by atoms with Gasteiger partial charge in [-0.3, -0.25) is 0 Å². The van der Waals surface area contributed by atoms with Crippen LogP contribution in [0.1, 0.15) is 37.3 Å². The monoisotopic (exact) mass is 393 g/mol. The van der Waals surface area contributed by atoms with Gasteiger partial charge in [0, 0.05) is 32.3 Å². The molecule has 2 aliphatic rings. The summed E-state index contributed by atoms with van der Waals surface area (Å²) in [5.74, 6) is 2.90. The van der Waals surface area contributed by atoms with E-state index in [0.29, 0.717) is 6.54 Å². The van der Waals surface area contributed by atoms with Gasteiger partial charge in [0.25, 0.3) is 0 Å². The smallest absolute Gasteiger partial charge is 0.191 e. The molecule has 154 valence electrons. The third-order valence-corrected chi connectivity index (χ3v) is 5.46. The maximum atomic E-state index is 6.02. The van der Waals surface area contributed by atoms with Gasteiger partial charge in [-0.25, -0.2) is 9.98 Å². The van der Waals surface area contributed by atoms with Crippen molar-refractivity contribution in [1.82, 2.24) is 15.6 Å². The molecular weight excluding hydrogens is 362 g/mol. The number of fused-ring (bicyclic) bond motifs is 1. The normalized spacial score (nSPS) is 18.9. The molecule has 29 heavy (non-hydrogen) atoms. The number of para-hydroxylation sites is 1. The number of anilines is 1. The zero-order chi connectivity index (χ0) is 19.9. The van der Waals surface area contributed by atoms with Crippen LogP contribution < -0.4 is 20.3 Å². The first-order valence-electron chi connectivity index (χ1n) is 10.8. The average Bonchev–Trinajstić information content (AvgIpc) is 3.19. The molecule has 0 aliphatic carbocycles. The second kappa shape index (κ2) is 9.63. The molecule has 1 fully saturated rings. The van der Waals surface area contributed by atoms with Crippen LogP contribution in [0.25, 0.3) is 0 Å². The van der Waals surface area contributed by atoms with Gasteiger partial charge in [0.2, 0.25) is 0 Å². The summed E-state index contributed by atoms with van der Waals surface area (Å²) in [7, 11) is 0. The van der Waals surface area contributed by atoms with E-state index in [9.17, 15) is 0 Å². The van der Waals surface area contributed by atoms with E-state index < -0.39 is 0 Å². The summed E-state index contributed by atoms with van der Waals surface area (Å²) in [6.07, 6.45) is 6.82. The molecule has 2 aromatic rings. The first-order valence-corrected chi connectivity index (χ1v) is 10.8. The van der Waals surface area contributed by atoms with Crippen molar-refractivity contribution in [2.75, 3.05) is 31.1 Å². The lowest BCUT2D eigenvalue weighted by atomic mass is 10.1. The Balaban J connectivity index is 1.34. The maximum absolute atomic E-state index is 6.02. The summed E-state index contributed by atoms with van der Waals surface area (Å²) in [4.78, 5) is 11.7. The molecule has 1 unspecified atom stereocenters. The van der Waals surface area contributed by atoms with Crippen molar-refractivity contribution in [3.05, 3.63) is 53.7 Å². The van der Waals surface area contributed by atoms with Crippen molar-refractivity contribution < 1.29 is 4.74 Å². The predicted molar refractivity (Wildman–Crippen MR) is 118 cm³/mol. The second-order valence-electron chi connectivity index (χ2n) is 7.70. The summed E-state index contributed by atoms with van der Waals surface area (Å²) in [5.41, 5.74) is 2.46. The molecule has 0 radical (unpaired) electrons. The number of pyridine rings is 1. The van der Waals surface area contributed by atoms with E-state index in [-0.39, 0.29) is 6.10 Å². The predicted octanol–water partition coefficient (Wildman–Crippen LogP) is 3.13. The molecule has 3 heterocycles. The lowest BCUT2D eigenvalue weighted by Gasteiger charge is -2.27. The Hall–Kier alpha value is -2.76. The quantitative estimate of drug-likeness (QED) is 0.583. The number of nitrogens with zero attached hydrogens (tertiary/aromatic N) is 3. The highest BCUT2D eigenvalue weighted by Crippen LogP contribution is 2.27. The lowest BCUT2D eigenvalue weighted by Crippen LogP contribution is -2.42. The van der Waals surface area contributed by atoms with Crippen molar-refractivity contribution in [2.45, 2.75) is 45.3 Å². The molecule has 0 bridgehead atoms. The number of piperidine rings is 1. The zero-order valence-corrected chi connectivity index (χ0v) is 17.2. The molecule has 1 saturated heterocycles. The summed E-state index contributed by atoms with van der Waals surface area (Å²) in [6, 6.07) is 12.5. The van der Waals surface area contributed by atoms with Gasteiger partial charge < -0.3 is 20.3 Å². The van der Waals surface area contributed by atoms with E-state index in [0.717, 1.165) is 50.1 Å².